The van der Waals surface area contributed by atoms with E-state index in [9.17, 15) is 0 Å². The predicted octanol–water partition coefficient (Wildman–Crippen LogP) is 4.66. The first kappa shape index (κ1) is 22.9. The zero-order chi connectivity index (χ0) is 23.6. The van der Waals surface area contributed by atoms with Crippen molar-refractivity contribution in [1.29, 1.82) is 0 Å². The minimum Gasteiger partial charge on any atom is -0.319 e. The van der Waals surface area contributed by atoms with Crippen molar-refractivity contribution >= 4 is 23.4 Å². The van der Waals surface area contributed by atoms with Crippen LogP contribution in [-0.2, 0) is 6.42 Å². The molecule has 6 rings (SSSR count). The molecule has 0 radical (unpaired) electrons. The van der Waals surface area contributed by atoms with Crippen LogP contribution < -0.4 is 9.80 Å². The highest BCUT2D eigenvalue weighted by Crippen LogP contribution is 2.40. The van der Waals surface area contributed by atoms with Crippen molar-refractivity contribution in [3.63, 3.8) is 0 Å². The maximum atomic E-state index is 6.52. The van der Waals surface area contributed by atoms with Crippen molar-refractivity contribution in [2.75, 3.05) is 26.2 Å². The van der Waals surface area contributed by atoms with Crippen LogP contribution in [0.15, 0.2) is 113 Å². The Hall–Kier alpha value is -2.56. The Morgan fingerprint density at radius 3 is 2.00 bits per heavy atom. The Labute approximate surface area is 217 Å². The molecule has 1 atom stereocenters. The van der Waals surface area contributed by atoms with Crippen molar-refractivity contribution in [3.05, 3.63) is 130 Å². The highest BCUT2D eigenvalue weighted by Gasteiger charge is 2.37. The third-order valence-corrected chi connectivity index (χ3v) is 9.11. The van der Waals surface area contributed by atoms with E-state index in [2.05, 4.69) is 97.1 Å². The predicted molar refractivity (Wildman–Crippen MR) is 145 cm³/mol. The van der Waals surface area contributed by atoms with Crippen molar-refractivity contribution in [3.8, 4) is 0 Å². The molecule has 2 aliphatic heterocycles. The molecule has 0 spiro atoms. The summed E-state index contributed by atoms with van der Waals surface area (Å²) in [6, 6.07) is 38.3. The van der Waals surface area contributed by atoms with Crippen molar-refractivity contribution in [2.24, 2.45) is 0 Å². The zero-order valence-electron chi connectivity index (χ0n) is 19.8. The van der Waals surface area contributed by atoms with Crippen molar-refractivity contribution < 1.29 is 9.80 Å². The van der Waals surface area contributed by atoms with Crippen LogP contribution in [0.3, 0.4) is 0 Å². The van der Waals surface area contributed by atoms with Gasteiger partial charge in [-0.3, -0.25) is 0 Å². The van der Waals surface area contributed by atoms with Crippen LogP contribution in [0.4, 0.5) is 0 Å². The fourth-order valence-electron chi connectivity index (χ4n) is 5.95. The van der Waals surface area contributed by atoms with Crippen molar-refractivity contribution in [1.82, 2.24) is 0 Å². The van der Waals surface area contributed by atoms with E-state index in [0.29, 0.717) is 12.1 Å². The van der Waals surface area contributed by atoms with Gasteiger partial charge < -0.3 is 9.80 Å². The Morgan fingerprint density at radius 1 is 0.686 bits per heavy atom. The lowest BCUT2D eigenvalue weighted by atomic mass is 9.94. The van der Waals surface area contributed by atoms with E-state index in [1.807, 2.05) is 17.8 Å². The fourth-order valence-corrected chi connectivity index (χ4v) is 7.26. The molecule has 2 aliphatic rings. The van der Waals surface area contributed by atoms with Gasteiger partial charge in [-0.1, -0.05) is 102 Å². The third kappa shape index (κ3) is 4.79. The summed E-state index contributed by atoms with van der Waals surface area (Å²) < 4.78 is 0. The minimum absolute atomic E-state index is 0.381. The number of rotatable bonds is 4. The van der Waals surface area contributed by atoms with Crippen LogP contribution in [0.25, 0.3) is 0 Å². The normalized spacial score (nSPS) is 21.7. The van der Waals surface area contributed by atoms with E-state index in [-0.39, 0.29) is 0 Å². The molecule has 35 heavy (non-hydrogen) atoms. The Bertz CT molecular complexity index is 1250. The number of benzene rings is 4. The van der Waals surface area contributed by atoms with Gasteiger partial charge in [0.2, 0.25) is 0 Å². The number of halogens is 1. The highest BCUT2D eigenvalue weighted by molar-refractivity contribution is 7.99. The molecule has 0 saturated carbocycles. The number of piperazine rings is 1. The molecule has 2 heterocycles. The third-order valence-electron chi connectivity index (χ3n) is 7.67. The summed E-state index contributed by atoms with van der Waals surface area (Å²) >= 11 is 8.43. The van der Waals surface area contributed by atoms with Gasteiger partial charge in [0.1, 0.15) is 38.3 Å². The molecule has 2 nitrogen and oxygen atoms in total. The van der Waals surface area contributed by atoms with E-state index in [1.165, 1.54) is 32.0 Å². The molecule has 1 saturated heterocycles. The molecule has 0 unspecified atom stereocenters. The number of hydrogen-bond acceptors (Lipinski definition) is 1. The second kappa shape index (κ2) is 10.2. The first-order chi connectivity index (χ1) is 17.3. The summed E-state index contributed by atoms with van der Waals surface area (Å²) in [5, 5.41) is 0.845. The minimum atomic E-state index is 0.381. The lowest BCUT2D eigenvalue weighted by molar-refractivity contribution is -1.04. The van der Waals surface area contributed by atoms with Gasteiger partial charge in [-0.2, -0.15) is 0 Å². The molecular weight excluding hydrogens is 468 g/mol. The smallest absolute Gasteiger partial charge is 0.139 e. The molecule has 0 bridgehead atoms. The van der Waals surface area contributed by atoms with Gasteiger partial charge in [0.05, 0.1) is 0 Å². The molecule has 1 fully saturated rings. The molecule has 176 valence electrons. The van der Waals surface area contributed by atoms with Crippen LogP contribution in [-0.4, -0.2) is 26.2 Å². The van der Waals surface area contributed by atoms with Gasteiger partial charge in [-0.25, -0.2) is 0 Å². The van der Waals surface area contributed by atoms with Gasteiger partial charge in [-0.05, 0) is 29.8 Å². The average molecular weight is 499 g/mol. The maximum Gasteiger partial charge on any atom is 0.139 e. The van der Waals surface area contributed by atoms with Crippen LogP contribution in [0.2, 0.25) is 5.02 Å². The summed E-state index contributed by atoms with van der Waals surface area (Å²) in [4.78, 5) is 6.10. The standard InChI is InChI=1S/C31H29ClN2S/c32-26-15-16-30-27(22-26)28(21-25-13-7-8-14-29(25)35-30)33-17-19-34(20-18-33)31(23-9-3-1-4-10-23)24-11-5-2-6-12-24/h1-16,22,28,31H,17-21H2/p+2/t28-/m0/s1. The second-order valence-corrected chi connectivity index (χ2v) is 11.2. The average Bonchev–Trinajstić information content (AvgIpc) is 3.07. The molecule has 0 aromatic heterocycles. The second-order valence-electron chi connectivity index (χ2n) is 9.72. The van der Waals surface area contributed by atoms with Gasteiger partial charge >= 0.3 is 0 Å². The van der Waals surface area contributed by atoms with Gasteiger partial charge in [0, 0.05) is 37.9 Å². The van der Waals surface area contributed by atoms with Gasteiger partial charge in [0.15, 0.2) is 0 Å². The van der Waals surface area contributed by atoms with Crippen LogP contribution in [0, 0.1) is 0 Å². The molecule has 0 aliphatic carbocycles. The lowest BCUT2D eigenvalue weighted by Crippen LogP contribution is -3.28. The first-order valence-corrected chi connectivity index (χ1v) is 13.8. The molecular formula is C31H31ClN2S+2. The molecule has 4 aromatic rings. The number of hydrogen-bond donors (Lipinski definition) is 2. The summed E-state index contributed by atoms with van der Waals surface area (Å²) in [6.07, 6.45) is 1.07. The SMILES string of the molecule is Clc1ccc2c(c1)[C@@H]([NH+]1CC[NH+](C(c3ccccc3)c3ccccc3)CC1)Cc1ccccc1S2. The molecule has 4 aromatic carbocycles. The highest BCUT2D eigenvalue weighted by atomic mass is 35.5. The topological polar surface area (TPSA) is 8.88 Å². The summed E-state index contributed by atoms with van der Waals surface area (Å²) in [5.74, 6) is 0. The first-order valence-electron chi connectivity index (χ1n) is 12.6. The van der Waals surface area contributed by atoms with E-state index in [4.69, 9.17) is 11.6 Å². The number of nitrogens with one attached hydrogen (secondary N) is 2. The quantitative estimate of drug-likeness (QED) is 0.416. The largest absolute Gasteiger partial charge is 0.319 e. The Kier molecular flexibility index (Phi) is 6.67. The van der Waals surface area contributed by atoms with E-state index < -0.39 is 0 Å². The monoisotopic (exact) mass is 498 g/mol. The van der Waals surface area contributed by atoms with E-state index in [1.54, 1.807) is 9.80 Å². The Balaban J connectivity index is 1.28. The lowest BCUT2D eigenvalue weighted by Gasteiger charge is -2.38. The molecule has 4 heteroatoms. The maximum absolute atomic E-state index is 6.52. The Morgan fingerprint density at radius 2 is 1.31 bits per heavy atom. The fraction of sp³-hybridized carbons (Fsp3) is 0.226. The number of fused-ring (bicyclic) bond motifs is 2. The van der Waals surface area contributed by atoms with E-state index >= 15 is 0 Å². The van der Waals surface area contributed by atoms with E-state index in [0.717, 1.165) is 37.6 Å². The van der Waals surface area contributed by atoms with Crippen LogP contribution >= 0.6 is 23.4 Å². The van der Waals surface area contributed by atoms with Crippen molar-refractivity contribution in [2.45, 2.75) is 28.3 Å². The summed E-state index contributed by atoms with van der Waals surface area (Å²) in [7, 11) is 0. The van der Waals surface area contributed by atoms with Crippen LogP contribution in [0.5, 0.6) is 0 Å². The zero-order valence-corrected chi connectivity index (χ0v) is 21.4. The van der Waals surface area contributed by atoms with Gasteiger partial charge in [-0.15, -0.1) is 0 Å². The summed E-state index contributed by atoms with van der Waals surface area (Å²) in [5.41, 5.74) is 5.70. The number of quaternary nitrogens is 2. The molecule has 0 amide bonds. The summed E-state index contributed by atoms with van der Waals surface area (Å²) in [6.45, 7) is 4.64. The van der Waals surface area contributed by atoms with Crippen LogP contribution in [0.1, 0.15) is 34.3 Å². The van der Waals surface area contributed by atoms with Gasteiger partial charge in [0.25, 0.3) is 0 Å². The molecule has 2 N–H and O–H groups in total.